The van der Waals surface area contributed by atoms with Crippen LogP contribution in [0.2, 0.25) is 0 Å². The van der Waals surface area contributed by atoms with Gasteiger partial charge >= 0.3 is 23.9 Å². The average molecular weight is 308 g/mol. The van der Waals surface area contributed by atoms with E-state index < -0.39 is 55.0 Å². The number of ether oxygens (including phenoxy) is 3. The first kappa shape index (κ1) is 18.8. The minimum Gasteiger partial charge on any atom is -0.481 e. The summed E-state index contributed by atoms with van der Waals surface area (Å²) in [7, 11) is 2.05. The van der Waals surface area contributed by atoms with Crippen LogP contribution in [0.25, 0.3) is 0 Å². The van der Waals surface area contributed by atoms with Crippen LogP contribution in [-0.4, -0.2) is 71.7 Å². The van der Waals surface area contributed by atoms with E-state index in [1.54, 1.807) is 0 Å². The Morgan fingerprint density at radius 3 is 1.76 bits per heavy atom. The molecule has 0 spiro atoms. The summed E-state index contributed by atoms with van der Waals surface area (Å²) in [5.41, 5.74) is 0. The van der Waals surface area contributed by atoms with Crippen molar-refractivity contribution in [2.75, 3.05) is 14.2 Å². The van der Waals surface area contributed by atoms with Gasteiger partial charge in [0.1, 0.15) is 0 Å². The Hall–Kier alpha value is -2.20. The van der Waals surface area contributed by atoms with Gasteiger partial charge in [-0.15, -0.1) is 0 Å². The molecule has 21 heavy (non-hydrogen) atoms. The number of rotatable bonds is 10. The van der Waals surface area contributed by atoms with E-state index in [1.165, 1.54) is 0 Å². The van der Waals surface area contributed by atoms with Gasteiger partial charge in [0.05, 0.1) is 0 Å². The van der Waals surface area contributed by atoms with E-state index in [0.29, 0.717) is 0 Å². The lowest BCUT2D eigenvalue weighted by molar-refractivity contribution is -0.183. The Morgan fingerprint density at radius 2 is 1.43 bits per heavy atom. The molecule has 0 fully saturated rings. The number of carboxylic acids is 3. The van der Waals surface area contributed by atoms with Crippen molar-refractivity contribution in [2.45, 2.75) is 31.2 Å². The number of esters is 1. The Kier molecular flexibility index (Phi) is 7.94. The van der Waals surface area contributed by atoms with Crippen LogP contribution in [0.15, 0.2) is 0 Å². The van der Waals surface area contributed by atoms with Gasteiger partial charge in [0, 0.05) is 27.1 Å². The second kappa shape index (κ2) is 8.87. The van der Waals surface area contributed by atoms with E-state index in [1.807, 2.05) is 0 Å². The molecule has 3 atom stereocenters. The quantitative estimate of drug-likeness (QED) is 0.426. The highest BCUT2D eigenvalue weighted by atomic mass is 16.6. The molecule has 0 bridgehead atoms. The molecule has 3 unspecified atom stereocenters. The fraction of sp³-hybridized carbons (Fsp3) is 0.636. The number of carboxylic acid groups (broad SMARTS) is 3. The molecular formula is C11H16O10. The molecule has 0 saturated heterocycles. The third-order valence-electron chi connectivity index (χ3n) is 2.41. The summed E-state index contributed by atoms with van der Waals surface area (Å²) in [6.07, 6.45) is -6.08. The van der Waals surface area contributed by atoms with Crippen molar-refractivity contribution in [3.8, 4) is 0 Å². The Balaban J connectivity index is 4.89. The first-order valence-electron chi connectivity index (χ1n) is 5.68. The molecule has 0 aromatic carbocycles. The maximum Gasteiger partial charge on any atom is 0.345 e. The van der Waals surface area contributed by atoms with E-state index in [0.717, 1.165) is 14.2 Å². The van der Waals surface area contributed by atoms with Gasteiger partial charge in [-0.2, -0.15) is 0 Å². The summed E-state index contributed by atoms with van der Waals surface area (Å²) < 4.78 is 13.8. The standard InChI is InChI=1S/C11H16O10/c1-19-7(10(16)17)8(20-2)11(18)21-5(9(14)15)3-4-6(12)13/h5,7-8H,3-4H2,1-2H3,(H,12,13)(H,14,15)(H,16,17). The van der Waals surface area contributed by atoms with Gasteiger partial charge in [-0.05, 0) is 0 Å². The topological polar surface area (TPSA) is 157 Å². The van der Waals surface area contributed by atoms with E-state index >= 15 is 0 Å². The lowest BCUT2D eigenvalue weighted by Crippen LogP contribution is -2.45. The molecule has 0 aliphatic carbocycles. The van der Waals surface area contributed by atoms with Gasteiger partial charge in [0.25, 0.3) is 0 Å². The number of hydrogen-bond acceptors (Lipinski definition) is 7. The molecule has 0 amide bonds. The van der Waals surface area contributed by atoms with Crippen LogP contribution < -0.4 is 0 Å². The summed E-state index contributed by atoms with van der Waals surface area (Å²) in [5, 5.41) is 26.1. The van der Waals surface area contributed by atoms with Gasteiger partial charge < -0.3 is 29.5 Å². The predicted molar refractivity (Wildman–Crippen MR) is 63.6 cm³/mol. The zero-order chi connectivity index (χ0) is 16.6. The van der Waals surface area contributed by atoms with Crippen molar-refractivity contribution in [2.24, 2.45) is 0 Å². The second-order valence-corrected chi connectivity index (χ2v) is 3.85. The van der Waals surface area contributed by atoms with Crippen molar-refractivity contribution in [3.63, 3.8) is 0 Å². The molecular weight excluding hydrogens is 292 g/mol. The number of methoxy groups -OCH3 is 2. The van der Waals surface area contributed by atoms with Gasteiger partial charge in [0.15, 0.2) is 18.3 Å². The zero-order valence-electron chi connectivity index (χ0n) is 11.3. The first-order valence-corrected chi connectivity index (χ1v) is 5.68. The first-order chi connectivity index (χ1) is 9.74. The maximum absolute atomic E-state index is 11.7. The average Bonchev–Trinajstić information content (AvgIpc) is 2.38. The highest BCUT2D eigenvalue weighted by Gasteiger charge is 2.37. The van der Waals surface area contributed by atoms with E-state index in [9.17, 15) is 19.2 Å². The molecule has 10 nitrogen and oxygen atoms in total. The minimum absolute atomic E-state index is 0.461. The van der Waals surface area contributed by atoms with Crippen LogP contribution in [0, 0.1) is 0 Å². The fourth-order valence-electron chi connectivity index (χ4n) is 1.39. The molecule has 0 saturated carbocycles. The lowest BCUT2D eigenvalue weighted by atomic mass is 10.1. The normalized spacial score (nSPS) is 14.8. The predicted octanol–water partition coefficient (Wildman–Crippen LogP) is -1.04. The van der Waals surface area contributed by atoms with Crippen molar-refractivity contribution < 1.29 is 48.7 Å². The van der Waals surface area contributed by atoms with E-state index in [2.05, 4.69) is 14.2 Å². The van der Waals surface area contributed by atoms with E-state index in [-0.39, 0.29) is 0 Å². The van der Waals surface area contributed by atoms with Crippen molar-refractivity contribution in [3.05, 3.63) is 0 Å². The third-order valence-corrected chi connectivity index (χ3v) is 2.41. The fourth-order valence-corrected chi connectivity index (χ4v) is 1.39. The molecule has 10 heteroatoms. The zero-order valence-corrected chi connectivity index (χ0v) is 11.3. The smallest absolute Gasteiger partial charge is 0.345 e. The summed E-state index contributed by atoms with van der Waals surface area (Å²) in [6.45, 7) is 0. The van der Waals surface area contributed by atoms with Crippen LogP contribution in [-0.2, 0) is 33.4 Å². The Bertz CT molecular complexity index is 404. The summed E-state index contributed by atoms with van der Waals surface area (Å²) >= 11 is 0. The number of carbonyl (C=O) groups excluding carboxylic acids is 1. The Labute approximate surface area is 119 Å². The van der Waals surface area contributed by atoms with Crippen LogP contribution >= 0.6 is 0 Å². The largest absolute Gasteiger partial charge is 0.481 e. The number of aliphatic carboxylic acids is 3. The highest BCUT2D eigenvalue weighted by molar-refractivity contribution is 5.86. The SMILES string of the molecule is COC(C(=O)O)C(OC)C(=O)OC(CCC(=O)O)C(=O)O. The second-order valence-electron chi connectivity index (χ2n) is 3.85. The lowest BCUT2D eigenvalue weighted by Gasteiger charge is -2.22. The van der Waals surface area contributed by atoms with Gasteiger partial charge in [-0.3, -0.25) is 4.79 Å². The minimum atomic E-state index is -1.72. The molecule has 0 aliphatic rings. The highest BCUT2D eigenvalue weighted by Crippen LogP contribution is 2.10. The van der Waals surface area contributed by atoms with Gasteiger partial charge in [-0.1, -0.05) is 0 Å². The molecule has 120 valence electrons. The van der Waals surface area contributed by atoms with Crippen LogP contribution in [0.5, 0.6) is 0 Å². The van der Waals surface area contributed by atoms with Crippen molar-refractivity contribution >= 4 is 23.9 Å². The van der Waals surface area contributed by atoms with Gasteiger partial charge in [-0.25, -0.2) is 14.4 Å². The van der Waals surface area contributed by atoms with Crippen molar-refractivity contribution in [1.82, 2.24) is 0 Å². The summed E-state index contributed by atoms with van der Waals surface area (Å²) in [6, 6.07) is 0. The Morgan fingerprint density at radius 1 is 0.905 bits per heavy atom. The number of hydrogen-bond donors (Lipinski definition) is 3. The maximum atomic E-state index is 11.7. The van der Waals surface area contributed by atoms with Crippen LogP contribution in [0.3, 0.4) is 0 Å². The monoisotopic (exact) mass is 308 g/mol. The molecule has 0 aromatic heterocycles. The molecule has 3 N–H and O–H groups in total. The molecule has 0 heterocycles. The number of carbonyl (C=O) groups is 4. The third kappa shape index (κ3) is 6.19. The van der Waals surface area contributed by atoms with E-state index in [4.69, 9.17) is 15.3 Å². The molecule has 0 aliphatic heterocycles. The van der Waals surface area contributed by atoms with Crippen molar-refractivity contribution in [1.29, 1.82) is 0 Å². The van der Waals surface area contributed by atoms with Crippen LogP contribution in [0.1, 0.15) is 12.8 Å². The van der Waals surface area contributed by atoms with Gasteiger partial charge in [0.2, 0.25) is 0 Å². The summed E-state index contributed by atoms with van der Waals surface area (Å²) in [5.74, 6) is -5.59. The van der Waals surface area contributed by atoms with Crippen LogP contribution in [0.4, 0.5) is 0 Å². The molecule has 0 radical (unpaired) electrons. The molecule has 0 rings (SSSR count). The summed E-state index contributed by atoms with van der Waals surface area (Å²) in [4.78, 5) is 43.9. The molecule has 0 aromatic rings.